The van der Waals surface area contributed by atoms with E-state index in [2.05, 4.69) is 5.32 Å². The molecule has 17 heavy (non-hydrogen) atoms. The SMILES string of the molecule is COc1cc(F)c(Cl)cc1CC1CCNCC1. The van der Waals surface area contributed by atoms with Crippen LogP contribution in [0.2, 0.25) is 5.02 Å². The average Bonchev–Trinajstić information content (AvgIpc) is 2.35. The molecule has 1 aliphatic heterocycles. The predicted molar refractivity (Wildman–Crippen MR) is 67.3 cm³/mol. The average molecular weight is 258 g/mol. The van der Waals surface area contributed by atoms with E-state index in [4.69, 9.17) is 16.3 Å². The fourth-order valence-electron chi connectivity index (χ4n) is 2.32. The number of halogens is 2. The van der Waals surface area contributed by atoms with Crippen LogP contribution >= 0.6 is 11.6 Å². The first-order valence-electron chi connectivity index (χ1n) is 5.93. The molecule has 94 valence electrons. The van der Waals surface area contributed by atoms with E-state index in [0.717, 1.165) is 37.9 Å². The molecule has 1 heterocycles. The molecule has 0 atom stereocenters. The topological polar surface area (TPSA) is 21.3 Å². The molecule has 1 fully saturated rings. The quantitative estimate of drug-likeness (QED) is 0.899. The van der Waals surface area contributed by atoms with Crippen molar-refractivity contribution in [1.29, 1.82) is 0 Å². The Kier molecular flexibility index (Phi) is 4.24. The highest BCUT2D eigenvalue weighted by Crippen LogP contribution is 2.29. The van der Waals surface area contributed by atoms with Crippen molar-refractivity contribution in [2.24, 2.45) is 5.92 Å². The third-order valence-corrected chi connectivity index (χ3v) is 3.58. The molecule has 0 saturated carbocycles. The summed E-state index contributed by atoms with van der Waals surface area (Å²) in [6, 6.07) is 3.07. The van der Waals surface area contributed by atoms with Crippen molar-refractivity contribution in [2.45, 2.75) is 19.3 Å². The molecule has 0 spiro atoms. The Balaban J connectivity index is 2.15. The maximum absolute atomic E-state index is 13.3. The number of benzene rings is 1. The van der Waals surface area contributed by atoms with Gasteiger partial charge >= 0.3 is 0 Å². The van der Waals surface area contributed by atoms with Crippen molar-refractivity contribution in [3.8, 4) is 5.75 Å². The van der Waals surface area contributed by atoms with Gasteiger partial charge in [-0.15, -0.1) is 0 Å². The molecule has 0 amide bonds. The van der Waals surface area contributed by atoms with Crippen molar-refractivity contribution in [3.63, 3.8) is 0 Å². The van der Waals surface area contributed by atoms with Crippen molar-refractivity contribution < 1.29 is 9.13 Å². The molecule has 4 heteroatoms. The summed E-state index contributed by atoms with van der Waals surface area (Å²) in [5.41, 5.74) is 1.01. The second kappa shape index (κ2) is 5.69. The van der Waals surface area contributed by atoms with Crippen LogP contribution < -0.4 is 10.1 Å². The lowest BCUT2D eigenvalue weighted by atomic mass is 9.90. The first kappa shape index (κ1) is 12.7. The van der Waals surface area contributed by atoms with Gasteiger partial charge in [0, 0.05) is 6.07 Å². The van der Waals surface area contributed by atoms with Crippen molar-refractivity contribution in [1.82, 2.24) is 5.32 Å². The summed E-state index contributed by atoms with van der Waals surface area (Å²) in [6.07, 6.45) is 3.21. The van der Waals surface area contributed by atoms with Crippen LogP contribution in [-0.4, -0.2) is 20.2 Å². The Bertz CT molecular complexity index is 391. The van der Waals surface area contributed by atoms with Crippen LogP contribution in [-0.2, 0) is 6.42 Å². The maximum atomic E-state index is 13.3. The zero-order valence-corrected chi connectivity index (χ0v) is 10.7. The summed E-state index contributed by atoms with van der Waals surface area (Å²) in [7, 11) is 1.56. The molecular weight excluding hydrogens is 241 g/mol. The lowest BCUT2D eigenvalue weighted by Gasteiger charge is -2.23. The van der Waals surface area contributed by atoms with Gasteiger partial charge in [0.05, 0.1) is 12.1 Å². The van der Waals surface area contributed by atoms with Crippen LogP contribution in [0.4, 0.5) is 4.39 Å². The fraction of sp³-hybridized carbons (Fsp3) is 0.538. The smallest absolute Gasteiger partial charge is 0.145 e. The molecule has 1 aliphatic rings. The number of methoxy groups -OCH3 is 1. The van der Waals surface area contributed by atoms with Crippen molar-refractivity contribution in [2.75, 3.05) is 20.2 Å². The first-order valence-corrected chi connectivity index (χ1v) is 6.31. The second-order valence-corrected chi connectivity index (χ2v) is 4.88. The highest BCUT2D eigenvalue weighted by atomic mass is 35.5. The van der Waals surface area contributed by atoms with Crippen LogP contribution in [0.1, 0.15) is 18.4 Å². The van der Waals surface area contributed by atoms with Crippen LogP contribution in [0.5, 0.6) is 5.75 Å². The minimum Gasteiger partial charge on any atom is -0.496 e. The van der Waals surface area contributed by atoms with Crippen molar-refractivity contribution in [3.05, 3.63) is 28.5 Å². The summed E-state index contributed by atoms with van der Waals surface area (Å²) >= 11 is 5.82. The molecule has 0 aliphatic carbocycles. The minimum atomic E-state index is -0.419. The number of hydrogen-bond acceptors (Lipinski definition) is 2. The zero-order valence-electron chi connectivity index (χ0n) is 9.93. The molecular formula is C13H17ClFNO. The van der Waals surface area contributed by atoms with E-state index in [1.165, 1.54) is 6.07 Å². The van der Waals surface area contributed by atoms with Gasteiger partial charge in [0.25, 0.3) is 0 Å². The Morgan fingerprint density at radius 1 is 1.41 bits per heavy atom. The third-order valence-electron chi connectivity index (χ3n) is 3.29. The monoisotopic (exact) mass is 257 g/mol. The van der Waals surface area contributed by atoms with E-state index < -0.39 is 5.82 Å². The first-order chi connectivity index (χ1) is 8.20. The maximum Gasteiger partial charge on any atom is 0.145 e. The van der Waals surface area contributed by atoms with Gasteiger partial charge in [-0.25, -0.2) is 4.39 Å². The van der Waals surface area contributed by atoms with Gasteiger partial charge in [0.1, 0.15) is 11.6 Å². The number of ether oxygens (including phenoxy) is 1. The third kappa shape index (κ3) is 3.11. The minimum absolute atomic E-state index is 0.176. The van der Waals surface area contributed by atoms with Crippen LogP contribution in [0.3, 0.4) is 0 Å². The summed E-state index contributed by atoms with van der Waals surface area (Å²) in [5.74, 6) is 0.815. The Labute approximate surface area is 106 Å². The van der Waals surface area contributed by atoms with Gasteiger partial charge in [-0.1, -0.05) is 11.6 Å². The molecule has 1 saturated heterocycles. The van der Waals surface area contributed by atoms with E-state index in [1.54, 1.807) is 13.2 Å². The Morgan fingerprint density at radius 2 is 2.12 bits per heavy atom. The van der Waals surface area contributed by atoms with Crippen LogP contribution in [0.15, 0.2) is 12.1 Å². The second-order valence-electron chi connectivity index (χ2n) is 4.48. The highest BCUT2D eigenvalue weighted by Gasteiger charge is 2.17. The molecule has 0 unspecified atom stereocenters. The molecule has 0 aromatic heterocycles. The summed E-state index contributed by atoms with van der Waals surface area (Å²) in [6.45, 7) is 2.11. The molecule has 2 rings (SSSR count). The number of piperidine rings is 1. The summed E-state index contributed by atoms with van der Waals surface area (Å²) < 4.78 is 18.5. The van der Waals surface area contributed by atoms with E-state index in [1.807, 2.05) is 0 Å². The molecule has 0 radical (unpaired) electrons. The lowest BCUT2D eigenvalue weighted by Crippen LogP contribution is -2.28. The predicted octanol–water partition coefficient (Wildman–Crippen LogP) is 3.03. The lowest BCUT2D eigenvalue weighted by molar-refractivity contribution is 0.360. The standard InChI is InChI=1S/C13H17ClFNO/c1-17-13-8-12(15)11(14)7-10(13)6-9-2-4-16-5-3-9/h7-9,16H,2-6H2,1H3. The van der Waals surface area contributed by atoms with Gasteiger partial charge in [0.15, 0.2) is 0 Å². The van der Waals surface area contributed by atoms with Crippen molar-refractivity contribution >= 4 is 11.6 Å². The molecule has 1 aromatic rings. The van der Waals surface area contributed by atoms with Gasteiger partial charge in [0.2, 0.25) is 0 Å². The van der Waals surface area contributed by atoms with Gasteiger partial charge in [-0.2, -0.15) is 0 Å². The van der Waals surface area contributed by atoms with Crippen LogP contribution in [0.25, 0.3) is 0 Å². The zero-order chi connectivity index (χ0) is 12.3. The molecule has 1 N–H and O–H groups in total. The van der Waals surface area contributed by atoms with Gasteiger partial charge in [-0.05, 0) is 49.9 Å². The van der Waals surface area contributed by atoms with Gasteiger partial charge < -0.3 is 10.1 Å². The normalized spacial score (nSPS) is 17.1. The van der Waals surface area contributed by atoms with E-state index >= 15 is 0 Å². The summed E-state index contributed by atoms with van der Waals surface area (Å²) in [4.78, 5) is 0. The van der Waals surface area contributed by atoms with E-state index in [-0.39, 0.29) is 5.02 Å². The Morgan fingerprint density at radius 3 is 2.76 bits per heavy atom. The highest BCUT2D eigenvalue weighted by molar-refractivity contribution is 6.30. The molecule has 2 nitrogen and oxygen atoms in total. The van der Waals surface area contributed by atoms with Crippen LogP contribution in [0, 0.1) is 11.7 Å². The fourth-order valence-corrected chi connectivity index (χ4v) is 2.50. The molecule has 1 aromatic carbocycles. The number of rotatable bonds is 3. The number of nitrogens with one attached hydrogen (secondary N) is 1. The van der Waals surface area contributed by atoms with E-state index in [0.29, 0.717) is 11.7 Å². The van der Waals surface area contributed by atoms with Gasteiger partial charge in [-0.3, -0.25) is 0 Å². The Hall–Kier alpha value is -0.800. The summed E-state index contributed by atoms with van der Waals surface area (Å²) in [5, 5.41) is 3.51. The largest absolute Gasteiger partial charge is 0.496 e. The molecule has 0 bridgehead atoms. The van der Waals surface area contributed by atoms with E-state index in [9.17, 15) is 4.39 Å². The number of hydrogen-bond donors (Lipinski definition) is 1.